The van der Waals surface area contributed by atoms with Gasteiger partial charge in [0.15, 0.2) is 5.78 Å². The second kappa shape index (κ2) is 2.66. The van der Waals surface area contributed by atoms with Crippen LogP contribution in [0.2, 0.25) is 0 Å². The summed E-state index contributed by atoms with van der Waals surface area (Å²) >= 11 is 1.53. The minimum Gasteiger partial charge on any atom is -0.293 e. The summed E-state index contributed by atoms with van der Waals surface area (Å²) in [5, 5.41) is 0.997. The zero-order valence-electron chi connectivity index (χ0n) is 7.26. The van der Waals surface area contributed by atoms with Crippen molar-refractivity contribution >= 4 is 17.1 Å². The van der Waals surface area contributed by atoms with Gasteiger partial charge in [0.2, 0.25) is 0 Å². The van der Waals surface area contributed by atoms with Crippen molar-refractivity contribution < 1.29 is 4.79 Å². The largest absolute Gasteiger partial charge is 0.293 e. The first-order valence-electron chi connectivity index (χ1n) is 4.16. The number of aryl methyl sites for hydroxylation is 2. The third-order valence-electron chi connectivity index (χ3n) is 2.08. The summed E-state index contributed by atoms with van der Waals surface area (Å²) in [4.78, 5) is 16.7. The monoisotopic (exact) mass is 181 g/mol. The van der Waals surface area contributed by atoms with Gasteiger partial charge in [0.1, 0.15) is 0 Å². The predicted molar refractivity (Wildman–Crippen MR) is 48.6 cm³/mol. The van der Waals surface area contributed by atoms with Gasteiger partial charge in [0.25, 0.3) is 0 Å². The number of nitrogens with zero attached hydrogens (tertiary/aromatic N) is 1. The zero-order valence-corrected chi connectivity index (χ0v) is 8.07. The van der Waals surface area contributed by atoms with Crippen molar-refractivity contribution in [3.05, 3.63) is 15.6 Å². The van der Waals surface area contributed by atoms with Gasteiger partial charge in [-0.05, 0) is 26.7 Å². The van der Waals surface area contributed by atoms with Crippen LogP contribution in [0.4, 0.5) is 0 Å². The molecule has 1 aromatic rings. The number of hydrogen-bond acceptors (Lipinski definition) is 3. The highest BCUT2D eigenvalue weighted by molar-refractivity contribution is 7.13. The van der Waals surface area contributed by atoms with E-state index in [0.29, 0.717) is 11.7 Å². The third kappa shape index (κ3) is 1.29. The van der Waals surface area contributed by atoms with Crippen LogP contribution in [0.25, 0.3) is 0 Å². The van der Waals surface area contributed by atoms with Gasteiger partial charge in [0.05, 0.1) is 15.6 Å². The molecule has 1 fully saturated rings. The average molecular weight is 181 g/mol. The fourth-order valence-corrected chi connectivity index (χ4v) is 2.23. The van der Waals surface area contributed by atoms with Crippen LogP contribution >= 0.6 is 11.3 Å². The first kappa shape index (κ1) is 7.92. The molecule has 2 nitrogen and oxygen atoms in total. The Balaban J connectivity index is 2.31. The molecule has 0 aromatic carbocycles. The molecular weight excluding hydrogens is 170 g/mol. The number of Topliss-reactive ketones (excluding diaryl/α,β-unsaturated/α-hetero) is 1. The number of ketones is 1. The SMILES string of the molecule is Cc1nc(C)c(C(=O)C2CC2)s1. The molecule has 0 N–H and O–H groups in total. The van der Waals surface area contributed by atoms with E-state index in [9.17, 15) is 4.79 Å². The Morgan fingerprint density at radius 2 is 2.17 bits per heavy atom. The summed E-state index contributed by atoms with van der Waals surface area (Å²) in [6.45, 7) is 3.86. The molecule has 0 spiro atoms. The Morgan fingerprint density at radius 3 is 2.58 bits per heavy atom. The first-order valence-corrected chi connectivity index (χ1v) is 4.98. The Hall–Kier alpha value is -0.700. The summed E-state index contributed by atoms with van der Waals surface area (Å²) in [6, 6.07) is 0. The topological polar surface area (TPSA) is 30.0 Å². The fraction of sp³-hybridized carbons (Fsp3) is 0.556. The quantitative estimate of drug-likeness (QED) is 0.655. The molecule has 3 heteroatoms. The summed E-state index contributed by atoms with van der Waals surface area (Å²) < 4.78 is 0. The van der Waals surface area contributed by atoms with Gasteiger partial charge in [-0.25, -0.2) is 4.98 Å². The molecule has 0 saturated heterocycles. The Bertz CT molecular complexity index is 325. The van der Waals surface area contributed by atoms with E-state index in [1.807, 2.05) is 13.8 Å². The van der Waals surface area contributed by atoms with Crippen LogP contribution in [-0.2, 0) is 0 Å². The van der Waals surface area contributed by atoms with Crippen molar-refractivity contribution in [3.8, 4) is 0 Å². The number of carbonyl (C=O) groups excluding carboxylic acids is 1. The van der Waals surface area contributed by atoms with E-state index in [4.69, 9.17) is 0 Å². The highest BCUT2D eigenvalue weighted by atomic mass is 32.1. The molecular formula is C9H11NOS. The maximum Gasteiger partial charge on any atom is 0.177 e. The predicted octanol–water partition coefficient (Wildman–Crippen LogP) is 2.35. The van der Waals surface area contributed by atoms with Crippen molar-refractivity contribution in [2.24, 2.45) is 5.92 Å². The van der Waals surface area contributed by atoms with Crippen LogP contribution in [0.1, 0.15) is 33.2 Å². The molecule has 0 bridgehead atoms. The summed E-state index contributed by atoms with van der Waals surface area (Å²) in [7, 11) is 0. The van der Waals surface area contributed by atoms with E-state index < -0.39 is 0 Å². The molecule has 64 valence electrons. The molecule has 2 rings (SSSR count). The lowest BCUT2D eigenvalue weighted by Gasteiger charge is -1.92. The fourth-order valence-electron chi connectivity index (χ4n) is 1.29. The molecule has 0 atom stereocenters. The molecule has 0 unspecified atom stereocenters. The van der Waals surface area contributed by atoms with E-state index in [1.54, 1.807) is 0 Å². The molecule has 1 aliphatic carbocycles. The van der Waals surface area contributed by atoms with Crippen LogP contribution in [0.3, 0.4) is 0 Å². The maximum absolute atomic E-state index is 11.6. The van der Waals surface area contributed by atoms with E-state index >= 15 is 0 Å². The highest BCUT2D eigenvalue weighted by Crippen LogP contribution is 2.35. The number of thiazole rings is 1. The third-order valence-corrected chi connectivity index (χ3v) is 3.16. The Labute approximate surface area is 75.6 Å². The van der Waals surface area contributed by atoms with Gasteiger partial charge in [-0.2, -0.15) is 0 Å². The van der Waals surface area contributed by atoms with Crippen molar-refractivity contribution in [3.63, 3.8) is 0 Å². The minimum absolute atomic E-state index is 0.318. The van der Waals surface area contributed by atoms with Crippen LogP contribution in [-0.4, -0.2) is 10.8 Å². The van der Waals surface area contributed by atoms with Crippen LogP contribution in [0.5, 0.6) is 0 Å². The normalized spacial score (nSPS) is 16.5. The molecule has 1 saturated carbocycles. The second-order valence-corrected chi connectivity index (χ2v) is 4.49. The van der Waals surface area contributed by atoms with Gasteiger partial charge in [-0.3, -0.25) is 4.79 Å². The van der Waals surface area contributed by atoms with Gasteiger partial charge >= 0.3 is 0 Å². The molecule has 1 aromatic heterocycles. The lowest BCUT2D eigenvalue weighted by atomic mass is 10.2. The Morgan fingerprint density at radius 1 is 1.50 bits per heavy atom. The van der Waals surface area contributed by atoms with Gasteiger partial charge in [0, 0.05) is 5.92 Å². The number of rotatable bonds is 2. The van der Waals surface area contributed by atoms with Crippen LogP contribution in [0.15, 0.2) is 0 Å². The van der Waals surface area contributed by atoms with E-state index in [2.05, 4.69) is 4.98 Å². The molecule has 0 aliphatic heterocycles. The van der Waals surface area contributed by atoms with E-state index in [1.165, 1.54) is 11.3 Å². The van der Waals surface area contributed by atoms with Gasteiger partial charge in [-0.1, -0.05) is 0 Å². The van der Waals surface area contributed by atoms with E-state index in [0.717, 1.165) is 28.4 Å². The standard InChI is InChI=1S/C9H11NOS/c1-5-9(12-6(2)10-5)8(11)7-3-4-7/h7H,3-4H2,1-2H3. The average Bonchev–Trinajstić information content (AvgIpc) is 2.77. The van der Waals surface area contributed by atoms with Crippen molar-refractivity contribution in [2.45, 2.75) is 26.7 Å². The smallest absolute Gasteiger partial charge is 0.177 e. The van der Waals surface area contributed by atoms with E-state index in [-0.39, 0.29) is 0 Å². The second-order valence-electron chi connectivity index (χ2n) is 3.29. The molecule has 1 heterocycles. The maximum atomic E-state index is 11.6. The number of carbonyl (C=O) groups is 1. The van der Waals surface area contributed by atoms with Crippen molar-refractivity contribution in [2.75, 3.05) is 0 Å². The summed E-state index contributed by atoms with van der Waals surface area (Å²) in [5.41, 5.74) is 0.911. The van der Waals surface area contributed by atoms with Gasteiger partial charge in [-0.15, -0.1) is 11.3 Å². The van der Waals surface area contributed by atoms with Crippen LogP contribution < -0.4 is 0 Å². The van der Waals surface area contributed by atoms with Crippen molar-refractivity contribution in [1.29, 1.82) is 0 Å². The molecule has 1 aliphatic rings. The van der Waals surface area contributed by atoms with Crippen molar-refractivity contribution in [1.82, 2.24) is 4.98 Å². The first-order chi connectivity index (χ1) is 5.68. The molecule has 0 amide bonds. The number of hydrogen-bond donors (Lipinski definition) is 0. The lowest BCUT2D eigenvalue weighted by molar-refractivity contribution is 0.0971. The zero-order chi connectivity index (χ0) is 8.72. The molecule has 0 radical (unpaired) electrons. The summed E-state index contributed by atoms with van der Waals surface area (Å²) in [5.74, 6) is 0.640. The van der Waals surface area contributed by atoms with Gasteiger partial charge < -0.3 is 0 Å². The molecule has 12 heavy (non-hydrogen) atoms. The Kier molecular flexibility index (Phi) is 1.76. The summed E-state index contributed by atoms with van der Waals surface area (Å²) in [6.07, 6.45) is 2.16. The lowest BCUT2D eigenvalue weighted by Crippen LogP contribution is -1.99. The number of aromatic nitrogens is 1. The van der Waals surface area contributed by atoms with Crippen LogP contribution in [0, 0.1) is 19.8 Å². The highest BCUT2D eigenvalue weighted by Gasteiger charge is 2.32. The minimum atomic E-state index is 0.318.